The summed E-state index contributed by atoms with van der Waals surface area (Å²) in [6.45, 7) is 2.28. The zero-order chi connectivity index (χ0) is 10.7. The average Bonchev–Trinajstić information content (AvgIpc) is 2.22. The van der Waals surface area contributed by atoms with Crippen molar-refractivity contribution in [1.82, 2.24) is 0 Å². The highest BCUT2D eigenvalue weighted by molar-refractivity contribution is 5.87. The van der Waals surface area contributed by atoms with Gasteiger partial charge >= 0.3 is 0 Å². The largest absolute Gasteiger partial charge is 0.508 e. The summed E-state index contributed by atoms with van der Waals surface area (Å²) in [6.07, 6.45) is 4.85. The highest BCUT2D eigenvalue weighted by Crippen LogP contribution is 2.24. The molecular weight excluding hydrogens is 186 g/mol. The van der Waals surface area contributed by atoms with Crippen LogP contribution in [0.25, 0.3) is 0 Å². The Kier molecular flexibility index (Phi) is 3.05. The van der Waals surface area contributed by atoms with E-state index in [1.807, 2.05) is 12.1 Å². The number of nitrogens with zero attached hydrogens (tertiary/aromatic N) is 1. The van der Waals surface area contributed by atoms with Crippen LogP contribution in [-0.2, 0) is 0 Å². The van der Waals surface area contributed by atoms with Crippen molar-refractivity contribution in [3.8, 4) is 5.75 Å². The number of hydrogen-bond acceptors (Lipinski definition) is 2. The topological polar surface area (TPSA) is 32.6 Å². The van der Waals surface area contributed by atoms with Crippen LogP contribution in [0.15, 0.2) is 29.3 Å². The van der Waals surface area contributed by atoms with Gasteiger partial charge in [-0.3, -0.25) is 4.99 Å². The zero-order valence-corrected chi connectivity index (χ0v) is 9.11. The standard InChI is InChI=1S/C13H17NO/c1-10-3-2-4-12(9-10)14-11-5-7-13(15)8-6-11/h5-8,10,15H,2-4,9H2,1H3/b14-12+. The summed E-state index contributed by atoms with van der Waals surface area (Å²) >= 11 is 0. The SMILES string of the molecule is CC1CCC/C(=N\c2ccc(O)cc2)C1. The summed E-state index contributed by atoms with van der Waals surface area (Å²) in [7, 11) is 0. The van der Waals surface area contributed by atoms with E-state index in [1.54, 1.807) is 12.1 Å². The first-order valence-corrected chi connectivity index (χ1v) is 5.59. The van der Waals surface area contributed by atoms with Gasteiger partial charge in [0.1, 0.15) is 5.75 Å². The number of aliphatic imine (C=N–C) groups is 1. The molecule has 1 N–H and O–H groups in total. The molecular formula is C13H17NO. The number of aromatic hydroxyl groups is 1. The van der Waals surface area contributed by atoms with Crippen LogP contribution in [-0.4, -0.2) is 10.8 Å². The molecule has 1 atom stereocenters. The highest BCUT2D eigenvalue weighted by atomic mass is 16.3. The minimum absolute atomic E-state index is 0.302. The quantitative estimate of drug-likeness (QED) is 0.742. The van der Waals surface area contributed by atoms with Crippen LogP contribution < -0.4 is 0 Å². The summed E-state index contributed by atoms with van der Waals surface area (Å²) < 4.78 is 0. The minimum atomic E-state index is 0.302. The van der Waals surface area contributed by atoms with Gasteiger partial charge in [-0.1, -0.05) is 6.92 Å². The molecule has 0 spiro atoms. The molecule has 0 bridgehead atoms. The maximum absolute atomic E-state index is 9.16. The molecule has 2 rings (SSSR count). The molecule has 0 aromatic heterocycles. The Morgan fingerprint density at radius 2 is 2.00 bits per heavy atom. The van der Waals surface area contributed by atoms with Gasteiger partial charge in [-0.15, -0.1) is 0 Å². The number of phenols is 1. The molecule has 0 radical (unpaired) electrons. The van der Waals surface area contributed by atoms with Crippen LogP contribution in [0.4, 0.5) is 5.69 Å². The fraction of sp³-hybridized carbons (Fsp3) is 0.462. The summed E-state index contributed by atoms with van der Waals surface area (Å²) in [4.78, 5) is 4.62. The van der Waals surface area contributed by atoms with Gasteiger partial charge in [-0.25, -0.2) is 0 Å². The van der Waals surface area contributed by atoms with Gasteiger partial charge in [0, 0.05) is 5.71 Å². The van der Waals surface area contributed by atoms with E-state index < -0.39 is 0 Å². The minimum Gasteiger partial charge on any atom is -0.508 e. The van der Waals surface area contributed by atoms with E-state index in [2.05, 4.69) is 11.9 Å². The van der Waals surface area contributed by atoms with Crippen LogP contribution in [0.1, 0.15) is 32.6 Å². The van der Waals surface area contributed by atoms with Crippen LogP contribution in [0.5, 0.6) is 5.75 Å². The molecule has 2 heteroatoms. The van der Waals surface area contributed by atoms with Crippen LogP contribution in [0.2, 0.25) is 0 Å². The third-order valence-electron chi connectivity index (χ3n) is 2.88. The second-order valence-corrected chi connectivity index (χ2v) is 4.40. The van der Waals surface area contributed by atoms with Crippen molar-refractivity contribution in [2.45, 2.75) is 32.6 Å². The lowest BCUT2D eigenvalue weighted by molar-refractivity contribution is 0.475. The van der Waals surface area contributed by atoms with E-state index in [0.717, 1.165) is 24.4 Å². The normalized spacial score (nSPS) is 24.3. The van der Waals surface area contributed by atoms with Crippen molar-refractivity contribution in [1.29, 1.82) is 0 Å². The molecule has 80 valence electrons. The molecule has 15 heavy (non-hydrogen) atoms. The van der Waals surface area contributed by atoms with Crippen LogP contribution >= 0.6 is 0 Å². The Morgan fingerprint density at radius 3 is 2.67 bits per heavy atom. The van der Waals surface area contributed by atoms with Crippen LogP contribution in [0.3, 0.4) is 0 Å². The van der Waals surface area contributed by atoms with Gasteiger partial charge in [0.25, 0.3) is 0 Å². The van der Waals surface area contributed by atoms with E-state index >= 15 is 0 Å². The van der Waals surface area contributed by atoms with Crippen molar-refractivity contribution in [3.05, 3.63) is 24.3 Å². The van der Waals surface area contributed by atoms with Gasteiger partial charge in [0.05, 0.1) is 5.69 Å². The third-order valence-corrected chi connectivity index (χ3v) is 2.88. The second-order valence-electron chi connectivity index (χ2n) is 4.40. The van der Waals surface area contributed by atoms with Gasteiger partial charge in [0.15, 0.2) is 0 Å². The first kappa shape index (κ1) is 10.2. The molecule has 2 nitrogen and oxygen atoms in total. The van der Waals surface area contributed by atoms with Crippen molar-refractivity contribution >= 4 is 11.4 Å². The second kappa shape index (κ2) is 4.47. The fourth-order valence-electron chi connectivity index (χ4n) is 2.07. The lowest BCUT2D eigenvalue weighted by Gasteiger charge is -2.19. The van der Waals surface area contributed by atoms with E-state index in [0.29, 0.717) is 5.75 Å². The smallest absolute Gasteiger partial charge is 0.115 e. The van der Waals surface area contributed by atoms with E-state index in [4.69, 9.17) is 5.11 Å². The summed E-state index contributed by atoms with van der Waals surface area (Å²) in [6, 6.07) is 7.10. The Bertz CT molecular complexity index is 353. The molecule has 0 amide bonds. The molecule has 1 saturated carbocycles. The molecule has 0 aliphatic heterocycles. The Balaban J connectivity index is 2.11. The first-order chi connectivity index (χ1) is 7.24. The predicted molar refractivity (Wildman–Crippen MR) is 62.8 cm³/mol. The molecule has 1 fully saturated rings. The molecule has 1 unspecified atom stereocenters. The Labute approximate surface area is 90.7 Å². The lowest BCUT2D eigenvalue weighted by Crippen LogP contribution is -2.12. The molecule has 0 saturated heterocycles. The van der Waals surface area contributed by atoms with Crippen molar-refractivity contribution in [2.24, 2.45) is 10.9 Å². The molecule has 1 aliphatic carbocycles. The van der Waals surface area contributed by atoms with Crippen LogP contribution in [0, 0.1) is 5.92 Å². The number of rotatable bonds is 1. The maximum Gasteiger partial charge on any atom is 0.115 e. The molecule has 1 aromatic carbocycles. The van der Waals surface area contributed by atoms with Crippen molar-refractivity contribution in [2.75, 3.05) is 0 Å². The first-order valence-electron chi connectivity index (χ1n) is 5.59. The highest BCUT2D eigenvalue weighted by Gasteiger charge is 2.13. The van der Waals surface area contributed by atoms with E-state index in [-0.39, 0.29) is 0 Å². The number of phenolic OH excluding ortho intramolecular Hbond substituents is 1. The number of hydrogen-bond donors (Lipinski definition) is 1. The zero-order valence-electron chi connectivity index (χ0n) is 9.11. The fourth-order valence-corrected chi connectivity index (χ4v) is 2.07. The van der Waals surface area contributed by atoms with E-state index in [1.165, 1.54) is 18.6 Å². The molecule has 1 aliphatic rings. The predicted octanol–water partition coefficient (Wildman–Crippen LogP) is 3.67. The average molecular weight is 203 g/mol. The third kappa shape index (κ3) is 2.82. The Morgan fingerprint density at radius 1 is 1.27 bits per heavy atom. The van der Waals surface area contributed by atoms with Gasteiger partial charge in [-0.05, 0) is 55.9 Å². The Hall–Kier alpha value is -1.31. The van der Waals surface area contributed by atoms with Crippen molar-refractivity contribution < 1.29 is 5.11 Å². The monoisotopic (exact) mass is 203 g/mol. The van der Waals surface area contributed by atoms with Gasteiger partial charge in [-0.2, -0.15) is 0 Å². The lowest BCUT2D eigenvalue weighted by atomic mass is 9.89. The van der Waals surface area contributed by atoms with Crippen molar-refractivity contribution in [3.63, 3.8) is 0 Å². The van der Waals surface area contributed by atoms with E-state index in [9.17, 15) is 0 Å². The molecule has 1 aromatic rings. The van der Waals surface area contributed by atoms with Gasteiger partial charge in [0.2, 0.25) is 0 Å². The summed E-state index contributed by atoms with van der Waals surface area (Å²) in [5, 5.41) is 9.16. The van der Waals surface area contributed by atoms with Gasteiger partial charge < -0.3 is 5.11 Å². The maximum atomic E-state index is 9.16. The number of benzene rings is 1. The summed E-state index contributed by atoms with van der Waals surface area (Å²) in [5.41, 5.74) is 2.26. The summed E-state index contributed by atoms with van der Waals surface area (Å²) in [5.74, 6) is 1.07. The molecule has 0 heterocycles.